The van der Waals surface area contributed by atoms with Crippen molar-refractivity contribution >= 4 is 34.8 Å². The van der Waals surface area contributed by atoms with Gasteiger partial charge in [-0.2, -0.15) is 0 Å². The molecule has 0 saturated carbocycles. The molecule has 0 bridgehead atoms. The summed E-state index contributed by atoms with van der Waals surface area (Å²) in [5, 5.41) is 1.04. The smallest absolute Gasteiger partial charge is 0.146 e. The molecule has 1 unspecified atom stereocenters. The first-order valence-electron chi connectivity index (χ1n) is 6.04. The lowest BCUT2D eigenvalue weighted by atomic mass is 10.3. The highest BCUT2D eigenvalue weighted by atomic mass is 35.5. The number of halogens is 3. The molecule has 0 N–H and O–H groups in total. The minimum Gasteiger partial charge on any atom is -0.489 e. The van der Waals surface area contributed by atoms with Gasteiger partial charge in [0.1, 0.15) is 23.4 Å². The topological polar surface area (TPSA) is 18.5 Å². The predicted octanol–water partition coefficient (Wildman–Crippen LogP) is 5.79. The van der Waals surface area contributed by atoms with E-state index in [0.717, 1.165) is 5.75 Å². The van der Waals surface area contributed by atoms with Gasteiger partial charge in [0.15, 0.2) is 0 Å². The van der Waals surface area contributed by atoms with Gasteiger partial charge in [0.05, 0.1) is 10.9 Å². The average Bonchev–Trinajstić information content (AvgIpc) is 2.44. The Labute approximate surface area is 133 Å². The second-order valence-electron chi connectivity index (χ2n) is 4.23. The summed E-state index contributed by atoms with van der Waals surface area (Å²) < 4.78 is 11.3. The number of hydrogen-bond acceptors (Lipinski definition) is 2. The monoisotopic (exact) mass is 330 g/mol. The van der Waals surface area contributed by atoms with Crippen molar-refractivity contribution in [2.24, 2.45) is 0 Å². The van der Waals surface area contributed by atoms with E-state index in [1.807, 2.05) is 19.1 Å². The van der Waals surface area contributed by atoms with Gasteiger partial charge in [-0.25, -0.2) is 0 Å². The van der Waals surface area contributed by atoms with Gasteiger partial charge in [-0.3, -0.25) is 0 Å². The third kappa shape index (κ3) is 4.20. The Kier molecular flexibility index (Phi) is 5.41. The standard InChI is InChI=1S/C15H13Cl3O2/c1-10(9-16)19-12-3-5-13(6-4-12)20-15-7-2-11(17)8-14(15)18/h2-8,10H,9H2,1H3. The molecule has 106 valence electrons. The third-order valence-corrected chi connectivity index (χ3v) is 3.47. The third-order valence-electron chi connectivity index (χ3n) is 2.50. The normalized spacial score (nSPS) is 12.0. The van der Waals surface area contributed by atoms with Crippen molar-refractivity contribution in [1.82, 2.24) is 0 Å². The van der Waals surface area contributed by atoms with Crippen LogP contribution in [0.5, 0.6) is 17.2 Å². The van der Waals surface area contributed by atoms with Crippen molar-refractivity contribution in [1.29, 1.82) is 0 Å². The summed E-state index contributed by atoms with van der Waals surface area (Å²) in [7, 11) is 0. The second-order valence-corrected chi connectivity index (χ2v) is 5.38. The number of benzene rings is 2. The Morgan fingerprint density at radius 3 is 2.25 bits per heavy atom. The van der Waals surface area contributed by atoms with Crippen LogP contribution in [0.4, 0.5) is 0 Å². The summed E-state index contributed by atoms with van der Waals surface area (Å²) in [6, 6.07) is 12.3. The summed E-state index contributed by atoms with van der Waals surface area (Å²) >= 11 is 17.6. The summed E-state index contributed by atoms with van der Waals surface area (Å²) in [6.07, 6.45) is -0.0332. The van der Waals surface area contributed by atoms with Gasteiger partial charge in [0.25, 0.3) is 0 Å². The molecule has 0 fully saturated rings. The van der Waals surface area contributed by atoms with Crippen LogP contribution < -0.4 is 9.47 Å². The summed E-state index contributed by atoms with van der Waals surface area (Å²) in [5.74, 6) is 2.41. The molecule has 1 atom stereocenters. The fourth-order valence-corrected chi connectivity index (χ4v) is 2.05. The van der Waals surface area contributed by atoms with Crippen LogP contribution in [-0.4, -0.2) is 12.0 Å². The van der Waals surface area contributed by atoms with Crippen molar-refractivity contribution in [3.63, 3.8) is 0 Å². The molecule has 0 aliphatic carbocycles. The van der Waals surface area contributed by atoms with Crippen molar-refractivity contribution < 1.29 is 9.47 Å². The van der Waals surface area contributed by atoms with E-state index >= 15 is 0 Å². The molecule has 0 heterocycles. The molecule has 0 saturated heterocycles. The van der Waals surface area contributed by atoms with E-state index < -0.39 is 0 Å². The summed E-state index contributed by atoms with van der Waals surface area (Å²) in [5.41, 5.74) is 0. The number of alkyl halides is 1. The number of rotatable bonds is 5. The lowest BCUT2D eigenvalue weighted by Gasteiger charge is -2.12. The molecule has 0 aromatic heterocycles. The molecule has 0 spiro atoms. The predicted molar refractivity (Wildman–Crippen MR) is 83.8 cm³/mol. The highest BCUT2D eigenvalue weighted by molar-refractivity contribution is 6.35. The highest BCUT2D eigenvalue weighted by Gasteiger charge is 2.05. The Balaban J connectivity index is 2.07. The number of ether oxygens (including phenoxy) is 2. The average molecular weight is 332 g/mol. The molecule has 2 aromatic rings. The van der Waals surface area contributed by atoms with E-state index in [4.69, 9.17) is 44.3 Å². The number of hydrogen-bond donors (Lipinski definition) is 0. The Hall–Kier alpha value is -1.09. The zero-order chi connectivity index (χ0) is 14.5. The Morgan fingerprint density at radius 2 is 1.65 bits per heavy atom. The van der Waals surface area contributed by atoms with Crippen LogP contribution in [0.1, 0.15) is 6.92 Å². The van der Waals surface area contributed by atoms with Crippen LogP contribution in [0.3, 0.4) is 0 Å². The summed E-state index contributed by atoms with van der Waals surface area (Å²) in [4.78, 5) is 0. The zero-order valence-electron chi connectivity index (χ0n) is 10.8. The van der Waals surface area contributed by atoms with E-state index in [1.54, 1.807) is 30.3 Å². The lowest BCUT2D eigenvalue weighted by molar-refractivity contribution is 0.245. The first-order chi connectivity index (χ1) is 9.58. The van der Waals surface area contributed by atoms with Crippen LogP contribution in [0.25, 0.3) is 0 Å². The van der Waals surface area contributed by atoms with Gasteiger partial charge in [-0.15, -0.1) is 11.6 Å². The lowest BCUT2D eigenvalue weighted by Crippen LogP contribution is -2.12. The Bertz CT molecular complexity index is 570. The fourth-order valence-electron chi connectivity index (χ4n) is 1.54. The maximum absolute atomic E-state index is 6.05. The minimum absolute atomic E-state index is 0.0332. The molecular weight excluding hydrogens is 319 g/mol. The van der Waals surface area contributed by atoms with E-state index in [1.165, 1.54) is 0 Å². The second kappa shape index (κ2) is 7.07. The molecule has 0 aliphatic rings. The van der Waals surface area contributed by atoms with Gasteiger partial charge in [-0.1, -0.05) is 23.2 Å². The van der Waals surface area contributed by atoms with Crippen LogP contribution in [0, 0.1) is 0 Å². The maximum atomic E-state index is 6.05. The Morgan fingerprint density at radius 1 is 1.00 bits per heavy atom. The van der Waals surface area contributed by atoms with Crippen molar-refractivity contribution in [2.45, 2.75) is 13.0 Å². The van der Waals surface area contributed by atoms with Crippen LogP contribution >= 0.6 is 34.8 Å². The van der Waals surface area contributed by atoms with E-state index in [-0.39, 0.29) is 6.10 Å². The minimum atomic E-state index is -0.0332. The van der Waals surface area contributed by atoms with Crippen LogP contribution in [0.2, 0.25) is 10.0 Å². The van der Waals surface area contributed by atoms with E-state index in [9.17, 15) is 0 Å². The van der Waals surface area contributed by atoms with Crippen molar-refractivity contribution in [2.75, 3.05) is 5.88 Å². The van der Waals surface area contributed by atoms with Crippen molar-refractivity contribution in [3.8, 4) is 17.2 Å². The molecule has 2 aromatic carbocycles. The van der Waals surface area contributed by atoms with E-state index in [2.05, 4.69) is 0 Å². The van der Waals surface area contributed by atoms with Gasteiger partial charge in [0, 0.05) is 5.02 Å². The van der Waals surface area contributed by atoms with Gasteiger partial charge in [0.2, 0.25) is 0 Å². The van der Waals surface area contributed by atoms with Gasteiger partial charge >= 0.3 is 0 Å². The van der Waals surface area contributed by atoms with Gasteiger partial charge < -0.3 is 9.47 Å². The molecule has 20 heavy (non-hydrogen) atoms. The maximum Gasteiger partial charge on any atom is 0.146 e. The molecule has 2 rings (SSSR count). The van der Waals surface area contributed by atoms with Crippen LogP contribution in [-0.2, 0) is 0 Å². The first kappa shape index (κ1) is 15.3. The van der Waals surface area contributed by atoms with Gasteiger partial charge in [-0.05, 0) is 49.4 Å². The molecule has 0 amide bonds. The SMILES string of the molecule is CC(CCl)Oc1ccc(Oc2ccc(Cl)cc2Cl)cc1. The highest BCUT2D eigenvalue weighted by Crippen LogP contribution is 2.32. The quantitative estimate of drug-likeness (QED) is 0.645. The molecule has 2 nitrogen and oxygen atoms in total. The molecule has 5 heteroatoms. The van der Waals surface area contributed by atoms with Crippen LogP contribution in [0.15, 0.2) is 42.5 Å². The zero-order valence-corrected chi connectivity index (χ0v) is 13.0. The summed E-state index contributed by atoms with van der Waals surface area (Å²) in [6.45, 7) is 1.91. The first-order valence-corrected chi connectivity index (χ1v) is 7.33. The largest absolute Gasteiger partial charge is 0.489 e. The molecule has 0 radical (unpaired) electrons. The van der Waals surface area contributed by atoms with Crippen molar-refractivity contribution in [3.05, 3.63) is 52.5 Å². The van der Waals surface area contributed by atoms with E-state index in [0.29, 0.717) is 27.4 Å². The fraction of sp³-hybridized carbons (Fsp3) is 0.200. The molecule has 0 aliphatic heterocycles. The molecular formula is C15H13Cl3O2.